The molecule has 12 nitrogen and oxygen atoms in total. The topological polar surface area (TPSA) is 119 Å². The van der Waals surface area contributed by atoms with Gasteiger partial charge >= 0.3 is 5.97 Å². The molecule has 0 bridgehead atoms. The first-order valence-corrected chi connectivity index (χ1v) is 21.8. The van der Waals surface area contributed by atoms with E-state index in [1.165, 1.54) is 16.7 Å². The highest BCUT2D eigenvalue weighted by atomic mass is 16.7. The van der Waals surface area contributed by atoms with Gasteiger partial charge in [-0.2, -0.15) is 0 Å². The second-order valence-corrected chi connectivity index (χ2v) is 17.3. The lowest BCUT2D eigenvalue weighted by Gasteiger charge is -2.18. The number of esters is 1. The van der Waals surface area contributed by atoms with Crippen LogP contribution >= 0.6 is 0 Å². The van der Waals surface area contributed by atoms with E-state index < -0.39 is 6.10 Å². The number of rotatable bonds is 10. The SMILES string of the molecule is CC1COC2C(C)COC12.Cc1ccc(OC2COC3C(Oc4ccc(C)cc4)COC23)cc1.Cc1ccc(OCOC2COC3C(OC(=O)c4ccc(C)cc4)COC23)cc1. The van der Waals surface area contributed by atoms with Crippen LogP contribution in [0.4, 0.5) is 0 Å². The predicted molar refractivity (Wildman–Crippen MR) is 230 cm³/mol. The second-order valence-electron chi connectivity index (χ2n) is 17.3. The number of ether oxygens (including phenoxy) is 11. The van der Waals surface area contributed by atoms with E-state index >= 15 is 0 Å². The van der Waals surface area contributed by atoms with Gasteiger partial charge < -0.3 is 52.1 Å². The molecular formula is C50H60O12. The highest BCUT2D eigenvalue weighted by Gasteiger charge is 2.51. The van der Waals surface area contributed by atoms with E-state index in [-0.39, 0.29) is 55.5 Å². The van der Waals surface area contributed by atoms with Gasteiger partial charge in [0.15, 0.2) is 25.1 Å². The minimum Gasteiger partial charge on any atom is -0.485 e. The Morgan fingerprint density at radius 3 is 1.27 bits per heavy atom. The molecule has 12 heteroatoms. The molecule has 4 aromatic rings. The first-order valence-electron chi connectivity index (χ1n) is 21.8. The highest BCUT2D eigenvalue weighted by Crippen LogP contribution is 2.35. The van der Waals surface area contributed by atoms with E-state index in [1.54, 1.807) is 12.1 Å². The summed E-state index contributed by atoms with van der Waals surface area (Å²) in [6.07, 6.45) is -0.831. The summed E-state index contributed by atoms with van der Waals surface area (Å²) in [5.41, 5.74) is 5.21. The van der Waals surface area contributed by atoms with Crippen LogP contribution in [0.15, 0.2) is 97.1 Å². The molecule has 332 valence electrons. The molecule has 62 heavy (non-hydrogen) atoms. The molecule has 6 aliphatic rings. The van der Waals surface area contributed by atoms with Gasteiger partial charge in [0.05, 0.1) is 57.4 Å². The number of carbonyl (C=O) groups is 1. The van der Waals surface area contributed by atoms with Gasteiger partial charge in [-0.25, -0.2) is 4.79 Å². The predicted octanol–water partition coefficient (Wildman–Crippen LogP) is 7.40. The summed E-state index contributed by atoms with van der Waals surface area (Å²) in [4.78, 5) is 12.4. The standard InChI is InChI=1S/C22H24O6.C20H22O4.C8H14O2/c1-14-3-7-16(8-4-14)22(23)28-19-12-25-20-18(11-24-21(19)20)27-13-26-17-9-5-15(2)6-10-17;1-13-3-7-15(8-4-13)23-17-11-21-20-18(12-22-19(17)20)24-16-9-5-14(2)6-10-16;1-5-3-9-8-6(2)4-10-7(5)8/h3-10,18-21H,11-13H2,1-2H3;3-10,17-20H,11-12H2,1-2H3;5-8H,3-4H2,1-2H3. The summed E-state index contributed by atoms with van der Waals surface area (Å²) in [6, 6.07) is 31.2. The molecule has 12 atom stereocenters. The van der Waals surface area contributed by atoms with Gasteiger partial charge in [-0.05, 0) is 76.2 Å². The van der Waals surface area contributed by atoms with Gasteiger partial charge in [-0.15, -0.1) is 0 Å². The number of hydrogen-bond acceptors (Lipinski definition) is 12. The average Bonchev–Trinajstić information content (AvgIpc) is 4.14. The monoisotopic (exact) mass is 852 g/mol. The van der Waals surface area contributed by atoms with Gasteiger partial charge in [0.1, 0.15) is 47.8 Å². The van der Waals surface area contributed by atoms with Crippen molar-refractivity contribution in [3.63, 3.8) is 0 Å². The van der Waals surface area contributed by atoms with E-state index in [9.17, 15) is 4.79 Å². The van der Waals surface area contributed by atoms with Crippen LogP contribution in [-0.2, 0) is 37.9 Å². The van der Waals surface area contributed by atoms with Crippen molar-refractivity contribution in [2.24, 2.45) is 11.8 Å². The zero-order valence-corrected chi connectivity index (χ0v) is 36.5. The van der Waals surface area contributed by atoms with Crippen molar-refractivity contribution in [2.45, 2.75) is 103 Å². The van der Waals surface area contributed by atoms with Crippen molar-refractivity contribution in [2.75, 3.05) is 46.4 Å². The van der Waals surface area contributed by atoms with E-state index in [0.717, 1.165) is 36.0 Å². The largest absolute Gasteiger partial charge is 0.485 e. The fourth-order valence-electron chi connectivity index (χ4n) is 8.49. The smallest absolute Gasteiger partial charge is 0.338 e. The van der Waals surface area contributed by atoms with Crippen molar-refractivity contribution in [3.05, 3.63) is 125 Å². The lowest BCUT2D eigenvalue weighted by atomic mass is 9.99. The molecule has 4 aromatic carbocycles. The number of aryl methyl sites for hydroxylation is 4. The third kappa shape index (κ3) is 10.8. The third-order valence-corrected chi connectivity index (χ3v) is 12.2. The van der Waals surface area contributed by atoms with Crippen molar-refractivity contribution in [3.8, 4) is 17.2 Å². The Balaban J connectivity index is 0.000000141. The van der Waals surface area contributed by atoms with E-state index in [2.05, 4.69) is 27.7 Å². The second kappa shape index (κ2) is 20.3. The number of benzene rings is 4. The van der Waals surface area contributed by atoms with E-state index in [4.69, 9.17) is 52.1 Å². The van der Waals surface area contributed by atoms with Crippen LogP contribution < -0.4 is 14.2 Å². The molecule has 6 saturated heterocycles. The van der Waals surface area contributed by atoms with Gasteiger partial charge in [-0.1, -0.05) is 84.6 Å². The first-order chi connectivity index (χ1) is 30.1. The Morgan fingerprint density at radius 1 is 0.452 bits per heavy atom. The van der Waals surface area contributed by atoms with Crippen molar-refractivity contribution in [1.82, 2.24) is 0 Å². The summed E-state index contributed by atoms with van der Waals surface area (Å²) in [5.74, 6) is 3.29. The molecule has 6 aliphatic heterocycles. The summed E-state index contributed by atoms with van der Waals surface area (Å²) in [6.45, 7) is 16.1. The van der Waals surface area contributed by atoms with Gasteiger partial charge in [-0.3, -0.25) is 0 Å². The molecule has 6 heterocycles. The molecule has 0 N–H and O–H groups in total. The zero-order valence-electron chi connectivity index (χ0n) is 36.5. The maximum absolute atomic E-state index is 12.4. The Kier molecular flexibility index (Phi) is 14.5. The van der Waals surface area contributed by atoms with E-state index in [1.807, 2.05) is 98.8 Å². The normalized spacial score (nSPS) is 31.5. The quantitative estimate of drug-likeness (QED) is 0.117. The van der Waals surface area contributed by atoms with Crippen LogP contribution in [0.1, 0.15) is 46.5 Å². The van der Waals surface area contributed by atoms with Crippen LogP contribution in [0.25, 0.3) is 0 Å². The maximum atomic E-state index is 12.4. The molecule has 0 aromatic heterocycles. The summed E-state index contributed by atoms with van der Waals surface area (Å²) in [5, 5.41) is 0. The van der Waals surface area contributed by atoms with Gasteiger partial charge in [0.2, 0.25) is 0 Å². The van der Waals surface area contributed by atoms with E-state index in [0.29, 0.717) is 56.0 Å². The summed E-state index contributed by atoms with van der Waals surface area (Å²) < 4.78 is 63.7. The molecule has 10 rings (SSSR count). The zero-order chi connectivity index (χ0) is 43.2. The van der Waals surface area contributed by atoms with Crippen molar-refractivity contribution in [1.29, 1.82) is 0 Å². The maximum Gasteiger partial charge on any atom is 0.338 e. The van der Waals surface area contributed by atoms with Crippen molar-refractivity contribution >= 4 is 5.97 Å². The minimum absolute atomic E-state index is 0.0817. The minimum atomic E-state index is -0.439. The fraction of sp³-hybridized carbons (Fsp3) is 0.500. The number of carbonyl (C=O) groups excluding carboxylic acids is 1. The van der Waals surface area contributed by atoms with Crippen molar-refractivity contribution < 1.29 is 56.9 Å². The highest BCUT2D eigenvalue weighted by molar-refractivity contribution is 5.89. The lowest BCUT2D eigenvalue weighted by Crippen LogP contribution is -2.36. The lowest BCUT2D eigenvalue weighted by molar-refractivity contribution is -0.0839. The molecule has 12 unspecified atom stereocenters. The Hall–Kier alpha value is -4.53. The molecule has 0 amide bonds. The third-order valence-electron chi connectivity index (χ3n) is 12.2. The van der Waals surface area contributed by atoms with Crippen LogP contribution in [0, 0.1) is 39.5 Å². The molecule has 6 fully saturated rings. The Labute approximate surface area is 364 Å². The number of fused-ring (bicyclic) bond motifs is 3. The fourth-order valence-corrected chi connectivity index (χ4v) is 8.49. The van der Waals surface area contributed by atoms with Crippen LogP contribution in [-0.4, -0.2) is 113 Å². The molecule has 0 aliphatic carbocycles. The van der Waals surface area contributed by atoms with Gasteiger partial charge in [0.25, 0.3) is 0 Å². The van der Waals surface area contributed by atoms with Crippen LogP contribution in [0.3, 0.4) is 0 Å². The molecular weight excluding hydrogens is 793 g/mol. The summed E-state index contributed by atoms with van der Waals surface area (Å²) in [7, 11) is 0. The Morgan fingerprint density at radius 2 is 0.806 bits per heavy atom. The first kappa shape index (κ1) is 44.1. The summed E-state index contributed by atoms with van der Waals surface area (Å²) >= 11 is 0. The van der Waals surface area contributed by atoms with Gasteiger partial charge in [0, 0.05) is 11.8 Å². The van der Waals surface area contributed by atoms with Crippen LogP contribution in [0.2, 0.25) is 0 Å². The van der Waals surface area contributed by atoms with Crippen LogP contribution in [0.5, 0.6) is 17.2 Å². The molecule has 0 saturated carbocycles. The molecule has 0 radical (unpaired) electrons. The number of hydrogen-bond donors (Lipinski definition) is 0. The average molecular weight is 853 g/mol. The molecule has 0 spiro atoms. The Bertz CT molecular complexity index is 1950.